The number of aromatic nitrogens is 2. The summed E-state index contributed by atoms with van der Waals surface area (Å²) in [6, 6.07) is 1.05. The van der Waals surface area contributed by atoms with Gasteiger partial charge in [0.15, 0.2) is 11.9 Å². The lowest BCUT2D eigenvalue weighted by Crippen LogP contribution is -2.52. The Morgan fingerprint density at radius 2 is 2.12 bits per heavy atom. The van der Waals surface area contributed by atoms with E-state index < -0.39 is 46.7 Å². The minimum absolute atomic E-state index is 0.106. The van der Waals surface area contributed by atoms with E-state index in [1.54, 1.807) is 0 Å². The maximum absolute atomic E-state index is 15.2. The number of ether oxygens (including phenoxy) is 1. The van der Waals surface area contributed by atoms with Gasteiger partial charge in [-0.15, -0.1) is 0 Å². The molecule has 1 aliphatic heterocycles. The van der Waals surface area contributed by atoms with E-state index in [0.717, 1.165) is 23.8 Å². The average Bonchev–Trinajstić information content (AvgIpc) is 2.63. The number of carboxylic acids is 1. The molecule has 0 aromatic carbocycles. The number of nitrogens with one attached hydrogen (secondary N) is 1. The largest absolute Gasteiger partial charge is 0.481 e. The van der Waals surface area contributed by atoms with Crippen LogP contribution in [0, 0.1) is 5.92 Å². The predicted molar refractivity (Wildman–Crippen MR) is 81.4 cm³/mol. The zero-order valence-corrected chi connectivity index (χ0v) is 13.7. The highest BCUT2D eigenvalue weighted by Crippen LogP contribution is 2.48. The number of aliphatic hydroxyl groups is 1. The molecule has 9 heteroatoms. The molecule has 1 fully saturated rings. The molecule has 1 aromatic heterocycles. The van der Waals surface area contributed by atoms with Crippen LogP contribution in [0.1, 0.15) is 39.8 Å². The van der Waals surface area contributed by atoms with Crippen molar-refractivity contribution in [3.63, 3.8) is 0 Å². The molecule has 0 saturated carbocycles. The standard InChI is InChI=1S/C15H21FN2O6/c1-8(11(20)21)4-5-9-15(3,23)14(2,16)12(24-9)18-7-6-10(19)17-13(18)22/h6-9,12,23H,4-5H2,1-3H3,(H,20,21)(H,17,19,22)/t8?,9-,12+,14+,15-/m1/s1. The molecule has 2 rings (SSSR count). The van der Waals surface area contributed by atoms with Crippen molar-refractivity contribution in [3.8, 4) is 0 Å². The molecule has 0 aliphatic carbocycles. The van der Waals surface area contributed by atoms with Crippen molar-refractivity contribution in [2.75, 3.05) is 0 Å². The SMILES string of the molecule is CC(CC[C@H]1O[C@H](n2ccc(=O)[nH]c2=O)[C@](C)(F)[C@]1(C)O)C(=O)O. The minimum atomic E-state index is -2.33. The summed E-state index contributed by atoms with van der Waals surface area (Å²) in [4.78, 5) is 35.9. The Bertz CT molecular complexity index is 738. The number of aliphatic carboxylic acids is 1. The highest BCUT2D eigenvalue weighted by atomic mass is 19.1. The summed E-state index contributed by atoms with van der Waals surface area (Å²) in [7, 11) is 0. The number of nitrogens with zero attached hydrogens (tertiary/aromatic N) is 1. The van der Waals surface area contributed by atoms with E-state index in [4.69, 9.17) is 9.84 Å². The van der Waals surface area contributed by atoms with Crippen LogP contribution >= 0.6 is 0 Å². The summed E-state index contributed by atoms with van der Waals surface area (Å²) < 4.78 is 21.6. The van der Waals surface area contributed by atoms with E-state index in [0.29, 0.717) is 0 Å². The van der Waals surface area contributed by atoms with E-state index in [9.17, 15) is 19.5 Å². The normalized spacial score (nSPS) is 34.2. The summed E-state index contributed by atoms with van der Waals surface area (Å²) in [5.74, 6) is -1.67. The molecule has 0 amide bonds. The van der Waals surface area contributed by atoms with Gasteiger partial charge in [0.2, 0.25) is 0 Å². The Hall–Kier alpha value is -2.00. The van der Waals surface area contributed by atoms with Gasteiger partial charge >= 0.3 is 11.7 Å². The molecule has 0 radical (unpaired) electrons. The van der Waals surface area contributed by atoms with E-state index in [-0.39, 0.29) is 12.8 Å². The van der Waals surface area contributed by atoms with Crippen LogP contribution in [0.15, 0.2) is 21.9 Å². The monoisotopic (exact) mass is 344 g/mol. The van der Waals surface area contributed by atoms with Crippen molar-refractivity contribution in [3.05, 3.63) is 33.1 Å². The van der Waals surface area contributed by atoms with Crippen molar-refractivity contribution in [2.24, 2.45) is 5.92 Å². The molecule has 1 unspecified atom stereocenters. The third kappa shape index (κ3) is 3.01. The maximum Gasteiger partial charge on any atom is 0.330 e. The Kier molecular flexibility index (Phi) is 4.69. The van der Waals surface area contributed by atoms with Crippen LogP contribution in [-0.4, -0.2) is 43.1 Å². The lowest BCUT2D eigenvalue weighted by atomic mass is 9.82. The molecule has 24 heavy (non-hydrogen) atoms. The van der Waals surface area contributed by atoms with Gasteiger partial charge < -0.3 is 14.9 Å². The molecule has 3 N–H and O–H groups in total. The first kappa shape index (κ1) is 18.3. The summed E-state index contributed by atoms with van der Waals surface area (Å²) in [6.45, 7) is 3.86. The summed E-state index contributed by atoms with van der Waals surface area (Å²) in [6.07, 6.45) is -1.06. The quantitative estimate of drug-likeness (QED) is 0.711. The number of carboxylic acid groups (broad SMARTS) is 1. The van der Waals surface area contributed by atoms with Crippen LogP contribution in [0.25, 0.3) is 0 Å². The molecule has 1 aliphatic rings. The van der Waals surface area contributed by atoms with Crippen LogP contribution in [-0.2, 0) is 9.53 Å². The van der Waals surface area contributed by atoms with Gasteiger partial charge in [0.25, 0.3) is 5.56 Å². The number of rotatable bonds is 5. The fourth-order valence-electron chi connectivity index (χ4n) is 2.79. The molecular formula is C15H21FN2O6. The second-order valence-electron chi connectivity index (χ2n) is 6.53. The third-order valence-electron chi connectivity index (χ3n) is 4.76. The Labute approximate surface area is 136 Å². The number of carbonyl (C=O) groups is 1. The molecule has 1 aromatic rings. The highest BCUT2D eigenvalue weighted by molar-refractivity contribution is 5.69. The topological polar surface area (TPSA) is 122 Å². The molecule has 0 bridgehead atoms. The predicted octanol–water partition coefficient (Wildman–Crippen LogP) is 0.414. The molecule has 1 saturated heterocycles. The molecule has 134 valence electrons. The fourth-order valence-corrected chi connectivity index (χ4v) is 2.79. The first-order valence-electron chi connectivity index (χ1n) is 7.59. The van der Waals surface area contributed by atoms with Crippen molar-refractivity contribution in [1.29, 1.82) is 0 Å². The van der Waals surface area contributed by atoms with Gasteiger partial charge in [-0.1, -0.05) is 6.92 Å². The highest BCUT2D eigenvalue weighted by Gasteiger charge is 2.62. The minimum Gasteiger partial charge on any atom is -0.481 e. The zero-order chi connectivity index (χ0) is 18.3. The third-order valence-corrected chi connectivity index (χ3v) is 4.76. The molecule has 0 spiro atoms. The number of hydrogen-bond acceptors (Lipinski definition) is 5. The van der Waals surface area contributed by atoms with Crippen molar-refractivity contribution in [1.82, 2.24) is 9.55 Å². The molecule has 2 heterocycles. The number of H-pyrrole nitrogens is 1. The van der Waals surface area contributed by atoms with E-state index in [2.05, 4.69) is 0 Å². The molecule has 5 atom stereocenters. The summed E-state index contributed by atoms with van der Waals surface area (Å²) in [5.41, 5.74) is -5.75. The number of halogens is 1. The number of hydrogen-bond donors (Lipinski definition) is 3. The molecular weight excluding hydrogens is 323 g/mol. The molecule has 8 nitrogen and oxygen atoms in total. The van der Waals surface area contributed by atoms with Crippen LogP contribution in [0.3, 0.4) is 0 Å². The van der Waals surface area contributed by atoms with Crippen molar-refractivity contribution >= 4 is 5.97 Å². The van der Waals surface area contributed by atoms with Gasteiger partial charge in [0.1, 0.15) is 5.60 Å². The van der Waals surface area contributed by atoms with Gasteiger partial charge in [-0.05, 0) is 26.7 Å². The Balaban J connectivity index is 2.30. The van der Waals surface area contributed by atoms with E-state index in [1.165, 1.54) is 13.8 Å². The lowest BCUT2D eigenvalue weighted by Gasteiger charge is -2.33. The van der Waals surface area contributed by atoms with E-state index >= 15 is 4.39 Å². The van der Waals surface area contributed by atoms with Gasteiger partial charge in [-0.2, -0.15) is 0 Å². The van der Waals surface area contributed by atoms with Crippen LogP contribution in [0.5, 0.6) is 0 Å². The number of alkyl halides is 1. The summed E-state index contributed by atoms with van der Waals surface area (Å²) in [5, 5.41) is 19.5. The van der Waals surface area contributed by atoms with Gasteiger partial charge in [-0.25, -0.2) is 9.18 Å². The van der Waals surface area contributed by atoms with Gasteiger partial charge in [0, 0.05) is 12.3 Å². The van der Waals surface area contributed by atoms with Crippen LogP contribution in [0.2, 0.25) is 0 Å². The van der Waals surface area contributed by atoms with Crippen molar-refractivity contribution in [2.45, 2.75) is 57.2 Å². The fraction of sp³-hybridized carbons (Fsp3) is 0.667. The van der Waals surface area contributed by atoms with Gasteiger partial charge in [0.05, 0.1) is 12.0 Å². The smallest absolute Gasteiger partial charge is 0.330 e. The Morgan fingerprint density at radius 1 is 1.50 bits per heavy atom. The first-order valence-corrected chi connectivity index (χ1v) is 7.59. The maximum atomic E-state index is 15.2. The lowest BCUT2D eigenvalue weighted by molar-refractivity contribution is -0.141. The summed E-state index contributed by atoms with van der Waals surface area (Å²) >= 11 is 0. The first-order chi connectivity index (χ1) is 11.0. The second kappa shape index (κ2) is 6.14. The Morgan fingerprint density at radius 3 is 2.67 bits per heavy atom. The average molecular weight is 344 g/mol. The zero-order valence-electron chi connectivity index (χ0n) is 13.7. The van der Waals surface area contributed by atoms with Crippen LogP contribution in [0.4, 0.5) is 4.39 Å². The van der Waals surface area contributed by atoms with Crippen molar-refractivity contribution < 1.29 is 24.1 Å². The second-order valence-corrected chi connectivity index (χ2v) is 6.53. The van der Waals surface area contributed by atoms with Gasteiger partial charge in [-0.3, -0.25) is 19.1 Å². The van der Waals surface area contributed by atoms with E-state index in [1.807, 2.05) is 4.98 Å². The number of aromatic amines is 1. The van der Waals surface area contributed by atoms with Crippen LogP contribution < -0.4 is 11.2 Å².